The first-order chi connectivity index (χ1) is 26.2. The summed E-state index contributed by atoms with van der Waals surface area (Å²) in [5, 5.41) is 0. The molecule has 0 amide bonds. The molecule has 3 heteroatoms. The molecule has 0 bridgehead atoms. The van der Waals surface area contributed by atoms with Crippen molar-refractivity contribution in [1.82, 2.24) is 0 Å². The van der Waals surface area contributed by atoms with Crippen molar-refractivity contribution in [1.29, 1.82) is 0 Å². The minimum atomic E-state index is 1.21. The van der Waals surface area contributed by atoms with Crippen LogP contribution in [0.25, 0.3) is 31.7 Å². The first kappa shape index (κ1) is 46.0. The molecule has 3 aromatic heterocycles. The Labute approximate surface area is 341 Å². The van der Waals surface area contributed by atoms with E-state index in [1.807, 2.05) is 34.0 Å². The Balaban J connectivity index is 1.42. The lowest BCUT2D eigenvalue weighted by Crippen LogP contribution is -1.87. The van der Waals surface area contributed by atoms with E-state index in [-0.39, 0.29) is 0 Å². The summed E-state index contributed by atoms with van der Waals surface area (Å²) in [5.41, 5.74) is 3.14. The molecule has 0 N–H and O–H groups in total. The zero-order valence-electron chi connectivity index (χ0n) is 35.1. The Hall–Kier alpha value is -1.42. The van der Waals surface area contributed by atoms with Crippen molar-refractivity contribution in [3.8, 4) is 19.5 Å². The van der Waals surface area contributed by atoms with Crippen molar-refractivity contribution in [3.05, 3.63) is 57.3 Å². The number of allylic oxidation sites excluding steroid dienone is 2. The summed E-state index contributed by atoms with van der Waals surface area (Å²) in [6.45, 7) is 8.91. The first-order valence-corrected chi connectivity index (χ1v) is 25.3. The summed E-state index contributed by atoms with van der Waals surface area (Å²) in [6.07, 6.45) is 51.2. The Morgan fingerprint density at radius 1 is 0.377 bits per heavy atom. The van der Waals surface area contributed by atoms with Gasteiger partial charge < -0.3 is 0 Å². The third-order valence-electron chi connectivity index (χ3n) is 11.0. The van der Waals surface area contributed by atoms with Gasteiger partial charge in [-0.25, -0.2) is 0 Å². The van der Waals surface area contributed by atoms with Gasteiger partial charge in [0, 0.05) is 29.3 Å². The van der Waals surface area contributed by atoms with Crippen LogP contribution in [0.3, 0.4) is 0 Å². The van der Waals surface area contributed by atoms with Gasteiger partial charge in [-0.05, 0) is 87.1 Å². The van der Waals surface area contributed by atoms with Crippen molar-refractivity contribution in [2.75, 3.05) is 0 Å². The summed E-state index contributed by atoms with van der Waals surface area (Å²) in [4.78, 5) is 8.77. The smallest absolute Gasteiger partial charge is 0.0481 e. The molecule has 0 saturated carbocycles. The van der Waals surface area contributed by atoms with Crippen molar-refractivity contribution in [2.24, 2.45) is 0 Å². The molecule has 3 heterocycles. The van der Waals surface area contributed by atoms with Gasteiger partial charge in [-0.2, -0.15) is 0 Å². The SMILES string of the molecule is C/C=C\c1cc(CCCCCCCCCCCCCCCC)c(-c2ccc(-c3sc(/C=C/C)cc3CCCCCCCCCCCCCCCC)s2)s1. The maximum Gasteiger partial charge on any atom is 0.0481 e. The molecule has 0 saturated heterocycles. The summed E-state index contributed by atoms with van der Waals surface area (Å²) in [7, 11) is 0. The average Bonchev–Trinajstić information content (AvgIpc) is 3.91. The van der Waals surface area contributed by atoms with E-state index in [1.54, 1.807) is 11.1 Å². The predicted octanol–water partition coefficient (Wildman–Crippen LogP) is 19.3. The Morgan fingerprint density at radius 2 is 0.660 bits per heavy atom. The third-order valence-corrected chi connectivity index (χ3v) is 14.7. The topological polar surface area (TPSA) is 0 Å². The molecule has 0 aliphatic heterocycles. The summed E-state index contributed by atoms with van der Waals surface area (Å²) in [5.74, 6) is 0. The number of aryl methyl sites for hydroxylation is 2. The van der Waals surface area contributed by atoms with Crippen LogP contribution in [0.2, 0.25) is 0 Å². The highest BCUT2D eigenvalue weighted by atomic mass is 32.1. The highest BCUT2D eigenvalue weighted by molar-refractivity contribution is 7.27. The Morgan fingerprint density at radius 3 is 0.943 bits per heavy atom. The molecule has 0 nitrogen and oxygen atoms in total. The zero-order valence-corrected chi connectivity index (χ0v) is 37.5. The van der Waals surface area contributed by atoms with Crippen molar-refractivity contribution in [3.63, 3.8) is 0 Å². The van der Waals surface area contributed by atoms with E-state index in [9.17, 15) is 0 Å². The molecule has 298 valence electrons. The molecule has 0 aliphatic rings. The lowest BCUT2D eigenvalue weighted by molar-refractivity contribution is 0.535. The van der Waals surface area contributed by atoms with Crippen LogP contribution in [0.1, 0.15) is 228 Å². The minimum Gasteiger partial charge on any atom is -0.135 e. The van der Waals surface area contributed by atoms with Gasteiger partial charge in [-0.1, -0.05) is 193 Å². The molecule has 0 fully saturated rings. The van der Waals surface area contributed by atoms with E-state index in [0.717, 1.165) is 0 Å². The zero-order chi connectivity index (χ0) is 37.6. The summed E-state index contributed by atoms with van der Waals surface area (Å²) >= 11 is 6.02. The van der Waals surface area contributed by atoms with Gasteiger partial charge in [0.15, 0.2) is 0 Å². The fourth-order valence-electron chi connectivity index (χ4n) is 7.78. The lowest BCUT2D eigenvalue weighted by atomic mass is 10.0. The molecule has 53 heavy (non-hydrogen) atoms. The van der Waals surface area contributed by atoms with E-state index in [1.165, 1.54) is 222 Å². The first-order valence-electron chi connectivity index (χ1n) is 22.8. The number of hydrogen-bond acceptors (Lipinski definition) is 3. The van der Waals surface area contributed by atoms with Gasteiger partial charge in [0.1, 0.15) is 0 Å². The van der Waals surface area contributed by atoms with E-state index in [0.29, 0.717) is 0 Å². The standard InChI is InChI=1S/C50H80S3/c1-5-9-11-13-15-17-19-21-23-25-27-29-31-33-37-43-41-45(35-7-3)51-49(43)47-39-40-48(53-47)50-44(42-46(52-50)36-8-4)38-34-32-30-28-26-24-22-20-18-16-14-12-10-6-2/h7-8,35-36,39-42H,5-6,9-34,37-38H2,1-4H3/b35-7-,36-8+. The molecule has 0 aliphatic carbocycles. The van der Waals surface area contributed by atoms with Crippen LogP contribution in [0, 0.1) is 0 Å². The summed E-state index contributed by atoms with van der Waals surface area (Å²) < 4.78 is 0. The number of thiophene rings is 3. The molecule has 0 aromatic carbocycles. The highest BCUT2D eigenvalue weighted by Crippen LogP contribution is 2.44. The van der Waals surface area contributed by atoms with Crippen LogP contribution in [0.4, 0.5) is 0 Å². The summed E-state index contributed by atoms with van der Waals surface area (Å²) in [6, 6.07) is 9.81. The second-order valence-corrected chi connectivity index (χ2v) is 19.1. The maximum absolute atomic E-state index is 2.48. The van der Waals surface area contributed by atoms with Crippen molar-refractivity contribution in [2.45, 2.75) is 220 Å². The van der Waals surface area contributed by atoms with Crippen LogP contribution >= 0.6 is 34.0 Å². The lowest BCUT2D eigenvalue weighted by Gasteiger charge is -2.05. The fraction of sp³-hybridized carbons (Fsp3) is 0.680. The second-order valence-electron chi connectivity index (χ2n) is 15.9. The molecular weight excluding hydrogens is 697 g/mol. The Kier molecular flexibility index (Phi) is 26.7. The number of unbranched alkanes of at least 4 members (excludes halogenated alkanes) is 26. The monoisotopic (exact) mass is 777 g/mol. The van der Waals surface area contributed by atoms with Crippen LogP contribution in [-0.4, -0.2) is 0 Å². The molecule has 0 radical (unpaired) electrons. The van der Waals surface area contributed by atoms with Crippen LogP contribution in [-0.2, 0) is 12.8 Å². The quantitative estimate of drug-likeness (QED) is 0.0530. The van der Waals surface area contributed by atoms with E-state index < -0.39 is 0 Å². The maximum atomic E-state index is 2.48. The van der Waals surface area contributed by atoms with Gasteiger partial charge in [-0.15, -0.1) is 34.0 Å². The Bertz CT molecular complexity index is 1250. The van der Waals surface area contributed by atoms with E-state index in [4.69, 9.17) is 0 Å². The number of rotatable bonds is 34. The molecule has 0 atom stereocenters. The second kappa shape index (κ2) is 30.8. The van der Waals surface area contributed by atoms with E-state index >= 15 is 0 Å². The third kappa shape index (κ3) is 19.8. The van der Waals surface area contributed by atoms with Crippen molar-refractivity contribution >= 4 is 46.2 Å². The number of hydrogen-bond donors (Lipinski definition) is 0. The highest BCUT2D eigenvalue weighted by Gasteiger charge is 2.16. The molecule has 0 unspecified atom stereocenters. The van der Waals surface area contributed by atoms with Crippen molar-refractivity contribution < 1.29 is 0 Å². The molecule has 0 spiro atoms. The van der Waals surface area contributed by atoms with Gasteiger partial charge in [0.2, 0.25) is 0 Å². The average molecular weight is 777 g/mol. The molecule has 3 aromatic rings. The van der Waals surface area contributed by atoms with Gasteiger partial charge in [0.05, 0.1) is 0 Å². The largest absolute Gasteiger partial charge is 0.135 e. The molecule has 3 rings (SSSR count). The minimum absolute atomic E-state index is 1.21. The van der Waals surface area contributed by atoms with Crippen LogP contribution < -0.4 is 0 Å². The van der Waals surface area contributed by atoms with Gasteiger partial charge in [-0.3, -0.25) is 0 Å². The van der Waals surface area contributed by atoms with Gasteiger partial charge >= 0.3 is 0 Å². The van der Waals surface area contributed by atoms with Crippen LogP contribution in [0.15, 0.2) is 36.4 Å². The normalized spacial score (nSPS) is 12.0. The van der Waals surface area contributed by atoms with Crippen LogP contribution in [0.5, 0.6) is 0 Å². The predicted molar refractivity (Wildman–Crippen MR) is 248 cm³/mol. The fourth-order valence-corrected chi connectivity index (χ4v) is 11.4. The van der Waals surface area contributed by atoms with E-state index in [2.05, 4.69) is 76.3 Å². The van der Waals surface area contributed by atoms with Gasteiger partial charge in [0.25, 0.3) is 0 Å². The molecular formula is C50H80S3.